The third-order valence-corrected chi connectivity index (χ3v) is 4.36. The molecule has 0 bridgehead atoms. The molecule has 0 aromatic heterocycles. The van der Waals surface area contributed by atoms with E-state index in [2.05, 4.69) is 43.1 Å². The van der Waals surface area contributed by atoms with Crippen LogP contribution < -0.4 is 0 Å². The Kier molecular flexibility index (Phi) is 5.91. The van der Waals surface area contributed by atoms with Crippen LogP contribution in [0, 0.1) is 0 Å². The van der Waals surface area contributed by atoms with E-state index in [1.165, 1.54) is 5.56 Å². The zero-order valence-corrected chi connectivity index (χ0v) is 15.0. The Balaban J connectivity index is 2.19. The number of aliphatic imine (C=N–C) groups is 1. The first kappa shape index (κ1) is 17.3. The van der Waals surface area contributed by atoms with E-state index in [4.69, 9.17) is 34.8 Å². The summed E-state index contributed by atoms with van der Waals surface area (Å²) in [5.41, 5.74) is 3.16. The molecule has 0 fully saturated rings. The fourth-order valence-corrected chi connectivity index (χ4v) is 3.32. The van der Waals surface area contributed by atoms with Crippen molar-refractivity contribution in [3.63, 3.8) is 0 Å². The van der Waals surface area contributed by atoms with E-state index in [1.807, 2.05) is 13.1 Å². The highest BCUT2D eigenvalue weighted by molar-refractivity contribution is 6.39. The quantitative estimate of drug-likeness (QED) is 0.527. The Morgan fingerprint density at radius 1 is 0.909 bits per heavy atom. The molecule has 0 spiro atoms. The van der Waals surface area contributed by atoms with Gasteiger partial charge in [-0.3, -0.25) is 4.99 Å². The highest BCUT2D eigenvalue weighted by Gasteiger charge is 2.13. The zero-order chi connectivity index (χ0) is 16.3. The van der Waals surface area contributed by atoms with Gasteiger partial charge in [-0.25, -0.2) is 0 Å². The number of nitrogens with zero attached hydrogens (tertiary/aromatic N) is 1. The Bertz CT molecular complexity index is 652. The third-order valence-electron chi connectivity index (χ3n) is 3.51. The Morgan fingerprint density at radius 3 is 1.95 bits per heavy atom. The number of hydrogen-bond acceptors (Lipinski definition) is 1. The minimum absolute atomic E-state index is 0.137. The summed E-state index contributed by atoms with van der Waals surface area (Å²) >= 11 is 18.4. The van der Waals surface area contributed by atoms with Crippen molar-refractivity contribution in [2.75, 3.05) is 0 Å². The van der Waals surface area contributed by atoms with Crippen molar-refractivity contribution >= 4 is 41.0 Å². The monoisotopic (exact) mass is 353 g/mol. The molecule has 0 aliphatic carbocycles. The van der Waals surface area contributed by atoms with Gasteiger partial charge in [0.05, 0.1) is 6.04 Å². The highest BCUT2D eigenvalue weighted by Crippen LogP contribution is 2.35. The molecule has 22 heavy (non-hydrogen) atoms. The van der Waals surface area contributed by atoms with Gasteiger partial charge in [0, 0.05) is 26.8 Å². The molecule has 0 radical (unpaired) electrons. The van der Waals surface area contributed by atoms with Gasteiger partial charge < -0.3 is 0 Å². The van der Waals surface area contributed by atoms with Gasteiger partial charge in [0.2, 0.25) is 0 Å². The van der Waals surface area contributed by atoms with E-state index in [0.29, 0.717) is 21.0 Å². The summed E-state index contributed by atoms with van der Waals surface area (Å²) in [5.74, 6) is 0.525. The van der Waals surface area contributed by atoms with Crippen LogP contribution in [0.25, 0.3) is 0 Å². The van der Waals surface area contributed by atoms with E-state index in [-0.39, 0.29) is 6.04 Å². The van der Waals surface area contributed by atoms with E-state index >= 15 is 0 Å². The van der Waals surface area contributed by atoms with Gasteiger partial charge >= 0.3 is 0 Å². The van der Waals surface area contributed by atoms with Crippen LogP contribution in [-0.4, -0.2) is 6.21 Å². The van der Waals surface area contributed by atoms with Crippen molar-refractivity contribution in [3.8, 4) is 0 Å². The second-order valence-corrected chi connectivity index (χ2v) is 6.81. The lowest BCUT2D eigenvalue weighted by Crippen LogP contribution is -1.95. The summed E-state index contributed by atoms with van der Waals surface area (Å²) in [6.07, 6.45) is 1.84. The SMILES string of the molecule is CC(C)c1ccc(/C=N\C(C)c2c(Cl)cc(Cl)cc2Cl)cc1. The summed E-state index contributed by atoms with van der Waals surface area (Å²) in [5, 5.41) is 1.61. The van der Waals surface area contributed by atoms with Crippen molar-refractivity contribution in [1.29, 1.82) is 0 Å². The molecule has 1 atom stereocenters. The van der Waals surface area contributed by atoms with E-state index in [1.54, 1.807) is 12.1 Å². The average molecular weight is 355 g/mol. The molecule has 0 aliphatic rings. The minimum atomic E-state index is -0.137. The highest BCUT2D eigenvalue weighted by atomic mass is 35.5. The van der Waals surface area contributed by atoms with Crippen molar-refractivity contribution in [1.82, 2.24) is 0 Å². The van der Waals surface area contributed by atoms with Crippen LogP contribution in [0.5, 0.6) is 0 Å². The normalized spacial score (nSPS) is 13.0. The molecule has 0 heterocycles. The van der Waals surface area contributed by atoms with Gasteiger partial charge in [-0.2, -0.15) is 0 Å². The van der Waals surface area contributed by atoms with E-state index in [0.717, 1.165) is 11.1 Å². The Hall–Kier alpha value is -1.02. The molecule has 2 aromatic carbocycles. The van der Waals surface area contributed by atoms with Crippen LogP contribution in [0.3, 0.4) is 0 Å². The van der Waals surface area contributed by atoms with Crippen LogP contribution in [0.15, 0.2) is 41.4 Å². The summed E-state index contributed by atoms with van der Waals surface area (Å²) in [7, 11) is 0. The van der Waals surface area contributed by atoms with Crippen LogP contribution in [-0.2, 0) is 0 Å². The van der Waals surface area contributed by atoms with Crippen LogP contribution in [0.1, 0.15) is 49.4 Å². The number of benzene rings is 2. The topological polar surface area (TPSA) is 12.4 Å². The lowest BCUT2D eigenvalue weighted by Gasteiger charge is -2.12. The molecule has 116 valence electrons. The molecule has 0 saturated carbocycles. The fourth-order valence-electron chi connectivity index (χ4n) is 2.19. The minimum Gasteiger partial charge on any atom is -0.285 e. The number of hydrogen-bond donors (Lipinski definition) is 0. The van der Waals surface area contributed by atoms with Crippen molar-refractivity contribution in [2.24, 2.45) is 4.99 Å². The van der Waals surface area contributed by atoms with Crippen molar-refractivity contribution in [3.05, 3.63) is 68.2 Å². The number of halogens is 3. The molecular weight excluding hydrogens is 337 g/mol. The smallest absolute Gasteiger partial charge is 0.0750 e. The lowest BCUT2D eigenvalue weighted by molar-refractivity contribution is 0.825. The predicted molar refractivity (Wildman–Crippen MR) is 98.0 cm³/mol. The molecule has 2 aromatic rings. The van der Waals surface area contributed by atoms with Crippen molar-refractivity contribution in [2.45, 2.75) is 32.7 Å². The summed E-state index contributed by atoms with van der Waals surface area (Å²) in [4.78, 5) is 4.55. The fraction of sp³-hybridized carbons (Fsp3) is 0.278. The average Bonchev–Trinajstić information content (AvgIpc) is 2.44. The first-order valence-electron chi connectivity index (χ1n) is 7.16. The molecule has 0 saturated heterocycles. The zero-order valence-electron chi connectivity index (χ0n) is 12.8. The molecule has 4 heteroatoms. The van der Waals surface area contributed by atoms with Gasteiger partial charge in [-0.15, -0.1) is 0 Å². The predicted octanol–water partition coefficient (Wildman–Crippen LogP) is 6.95. The Morgan fingerprint density at radius 2 is 1.45 bits per heavy atom. The lowest BCUT2D eigenvalue weighted by atomic mass is 10.0. The number of rotatable bonds is 4. The van der Waals surface area contributed by atoms with Gasteiger partial charge in [0.1, 0.15) is 0 Å². The molecule has 1 nitrogen and oxygen atoms in total. The summed E-state index contributed by atoms with van der Waals surface area (Å²) < 4.78 is 0. The van der Waals surface area contributed by atoms with Gasteiger partial charge in [0.25, 0.3) is 0 Å². The largest absolute Gasteiger partial charge is 0.285 e. The van der Waals surface area contributed by atoms with Crippen LogP contribution in [0.2, 0.25) is 15.1 Å². The first-order valence-corrected chi connectivity index (χ1v) is 8.29. The van der Waals surface area contributed by atoms with Gasteiger partial charge in [0.15, 0.2) is 0 Å². The van der Waals surface area contributed by atoms with Gasteiger partial charge in [-0.05, 0) is 36.1 Å². The van der Waals surface area contributed by atoms with E-state index < -0.39 is 0 Å². The molecule has 0 aliphatic heterocycles. The van der Waals surface area contributed by atoms with Crippen LogP contribution >= 0.6 is 34.8 Å². The maximum atomic E-state index is 6.22. The van der Waals surface area contributed by atoms with Crippen molar-refractivity contribution < 1.29 is 0 Å². The second kappa shape index (κ2) is 7.50. The summed E-state index contributed by atoms with van der Waals surface area (Å²) in [6.45, 7) is 6.31. The van der Waals surface area contributed by atoms with Gasteiger partial charge in [-0.1, -0.05) is 72.9 Å². The van der Waals surface area contributed by atoms with Crippen LogP contribution in [0.4, 0.5) is 0 Å². The maximum Gasteiger partial charge on any atom is 0.0750 e. The summed E-state index contributed by atoms with van der Waals surface area (Å²) in [6, 6.07) is 11.6. The van der Waals surface area contributed by atoms with E-state index in [9.17, 15) is 0 Å². The first-order chi connectivity index (χ1) is 10.4. The molecule has 0 amide bonds. The third kappa shape index (κ3) is 4.25. The molecule has 1 unspecified atom stereocenters. The maximum absolute atomic E-state index is 6.22. The second-order valence-electron chi connectivity index (χ2n) is 5.56. The Labute approximate surface area is 146 Å². The molecule has 2 rings (SSSR count). The molecular formula is C18H18Cl3N. The molecule has 0 N–H and O–H groups in total. The standard InChI is InChI=1S/C18H18Cl3N/c1-11(2)14-6-4-13(5-7-14)10-22-12(3)18-16(20)8-15(19)9-17(18)21/h4-12H,1-3H3/b22-10-.